The molecule has 1 aromatic heterocycles. The first kappa shape index (κ1) is 17.4. The molecule has 0 radical (unpaired) electrons. The van der Waals surface area contributed by atoms with Crippen molar-refractivity contribution in [3.8, 4) is 5.88 Å². The number of nitrogens with zero attached hydrogens (tertiary/aromatic N) is 2. The molecule has 0 atom stereocenters. The first-order chi connectivity index (χ1) is 12.7. The molecule has 0 aliphatic carbocycles. The maximum atomic E-state index is 12.0. The van der Waals surface area contributed by atoms with Crippen molar-refractivity contribution in [3.05, 3.63) is 72.1 Å². The molecule has 0 aliphatic heterocycles. The molecule has 0 bridgehead atoms. The van der Waals surface area contributed by atoms with Crippen molar-refractivity contribution in [2.45, 2.75) is 6.61 Å². The lowest BCUT2D eigenvalue weighted by Gasteiger charge is -2.12. The lowest BCUT2D eigenvalue weighted by Crippen LogP contribution is -2.08. The molecule has 2 aromatic carbocycles. The first-order valence-electron chi connectivity index (χ1n) is 7.97. The predicted molar refractivity (Wildman–Crippen MR) is 97.3 cm³/mol. The van der Waals surface area contributed by atoms with Gasteiger partial charge in [0.1, 0.15) is 12.2 Å². The second kappa shape index (κ2) is 8.11. The van der Waals surface area contributed by atoms with Crippen LogP contribution in [0.3, 0.4) is 0 Å². The number of esters is 1. The van der Waals surface area contributed by atoms with Gasteiger partial charge >= 0.3 is 5.97 Å². The highest BCUT2D eigenvalue weighted by atomic mass is 16.5. The second-order valence-electron chi connectivity index (χ2n) is 5.40. The standard InChI is InChI=1S/C20H18N2O4/c1-24-13-16(20(23)25-2)15-8-4-3-7-14(15)12-26-19-11-21-17-9-5-6-10-18(17)22-19/h3-11,13H,12H2,1-2H3/b16-13+. The lowest BCUT2D eigenvalue weighted by molar-refractivity contribution is -0.133. The Morgan fingerprint density at radius 2 is 1.77 bits per heavy atom. The van der Waals surface area contributed by atoms with Gasteiger partial charge in [0.15, 0.2) is 0 Å². The Hall–Kier alpha value is -3.41. The summed E-state index contributed by atoms with van der Waals surface area (Å²) < 4.78 is 15.6. The molecule has 26 heavy (non-hydrogen) atoms. The quantitative estimate of drug-likeness (QED) is 0.386. The molecule has 1 heterocycles. The van der Waals surface area contributed by atoms with Gasteiger partial charge < -0.3 is 14.2 Å². The lowest BCUT2D eigenvalue weighted by atomic mass is 10.0. The van der Waals surface area contributed by atoms with E-state index in [4.69, 9.17) is 14.2 Å². The van der Waals surface area contributed by atoms with E-state index >= 15 is 0 Å². The van der Waals surface area contributed by atoms with Gasteiger partial charge in [-0.05, 0) is 23.3 Å². The molecular weight excluding hydrogens is 332 g/mol. The highest BCUT2D eigenvalue weighted by Crippen LogP contribution is 2.22. The van der Waals surface area contributed by atoms with Gasteiger partial charge in [0.2, 0.25) is 5.88 Å². The average molecular weight is 350 g/mol. The van der Waals surface area contributed by atoms with E-state index in [1.54, 1.807) is 6.20 Å². The number of hydrogen-bond acceptors (Lipinski definition) is 6. The van der Waals surface area contributed by atoms with E-state index in [1.165, 1.54) is 20.5 Å². The maximum absolute atomic E-state index is 12.0. The van der Waals surface area contributed by atoms with Gasteiger partial charge in [0, 0.05) is 0 Å². The Balaban J connectivity index is 1.85. The van der Waals surface area contributed by atoms with Crippen LogP contribution in [0.15, 0.2) is 61.0 Å². The van der Waals surface area contributed by atoms with Crippen LogP contribution in [-0.4, -0.2) is 30.2 Å². The van der Waals surface area contributed by atoms with Crippen molar-refractivity contribution in [2.75, 3.05) is 14.2 Å². The van der Waals surface area contributed by atoms with Crippen LogP contribution < -0.4 is 4.74 Å². The molecule has 6 heteroatoms. The van der Waals surface area contributed by atoms with E-state index in [1.807, 2.05) is 48.5 Å². The first-order valence-corrected chi connectivity index (χ1v) is 7.97. The van der Waals surface area contributed by atoms with E-state index in [0.717, 1.165) is 16.6 Å². The molecule has 6 nitrogen and oxygen atoms in total. The van der Waals surface area contributed by atoms with E-state index in [9.17, 15) is 4.79 Å². The van der Waals surface area contributed by atoms with Gasteiger partial charge in [0.05, 0.1) is 37.7 Å². The third-order valence-corrected chi connectivity index (χ3v) is 3.75. The summed E-state index contributed by atoms with van der Waals surface area (Å²) in [5.74, 6) is -0.0707. The summed E-state index contributed by atoms with van der Waals surface area (Å²) in [7, 11) is 2.81. The molecule has 0 aliphatic rings. The Morgan fingerprint density at radius 3 is 2.54 bits per heavy atom. The van der Waals surface area contributed by atoms with Gasteiger partial charge in [-0.1, -0.05) is 36.4 Å². The van der Waals surface area contributed by atoms with Gasteiger partial charge in [-0.25, -0.2) is 14.8 Å². The molecule has 3 aromatic rings. The number of carbonyl (C=O) groups excluding carboxylic acids is 1. The number of ether oxygens (including phenoxy) is 3. The van der Waals surface area contributed by atoms with Crippen molar-refractivity contribution in [1.82, 2.24) is 9.97 Å². The van der Waals surface area contributed by atoms with Gasteiger partial charge in [-0.2, -0.15) is 0 Å². The van der Waals surface area contributed by atoms with Crippen LogP contribution in [0.4, 0.5) is 0 Å². The molecule has 132 valence electrons. The van der Waals surface area contributed by atoms with Crippen molar-refractivity contribution >= 4 is 22.6 Å². The normalized spacial score (nSPS) is 11.2. The summed E-state index contributed by atoms with van der Waals surface area (Å²) in [6.45, 7) is 0.223. The molecule has 3 rings (SSSR count). The summed E-state index contributed by atoms with van der Waals surface area (Å²) in [5, 5.41) is 0. The number of rotatable bonds is 6. The highest BCUT2D eigenvalue weighted by Gasteiger charge is 2.17. The molecule has 0 saturated carbocycles. The van der Waals surface area contributed by atoms with Crippen LogP contribution in [0, 0.1) is 0 Å². The number of fused-ring (bicyclic) bond motifs is 1. The third-order valence-electron chi connectivity index (χ3n) is 3.75. The maximum Gasteiger partial charge on any atom is 0.341 e. The zero-order chi connectivity index (χ0) is 18.4. The number of para-hydroxylation sites is 2. The Morgan fingerprint density at radius 1 is 1.04 bits per heavy atom. The number of methoxy groups -OCH3 is 2. The second-order valence-corrected chi connectivity index (χ2v) is 5.40. The summed E-state index contributed by atoms with van der Waals surface area (Å²) in [6.07, 6.45) is 2.94. The molecule has 0 unspecified atom stereocenters. The number of carbonyl (C=O) groups is 1. The van der Waals surface area contributed by atoms with E-state index in [-0.39, 0.29) is 6.61 Å². The summed E-state index contributed by atoms with van der Waals surface area (Å²) in [6, 6.07) is 15.0. The van der Waals surface area contributed by atoms with Crippen LogP contribution in [0.5, 0.6) is 5.88 Å². The largest absolute Gasteiger partial charge is 0.503 e. The average Bonchev–Trinajstić information content (AvgIpc) is 2.70. The predicted octanol–water partition coefficient (Wildman–Crippen LogP) is 3.37. The number of aromatic nitrogens is 2. The highest BCUT2D eigenvalue weighted by molar-refractivity contribution is 6.16. The summed E-state index contributed by atoms with van der Waals surface area (Å²) >= 11 is 0. The topological polar surface area (TPSA) is 70.5 Å². The van der Waals surface area contributed by atoms with Crippen LogP contribution in [-0.2, 0) is 20.9 Å². The Kier molecular flexibility index (Phi) is 5.43. The minimum atomic E-state index is -0.482. The van der Waals surface area contributed by atoms with E-state index < -0.39 is 5.97 Å². The Bertz CT molecular complexity index is 953. The van der Waals surface area contributed by atoms with Gasteiger partial charge in [-0.3, -0.25) is 0 Å². The van der Waals surface area contributed by atoms with Crippen LogP contribution in [0.1, 0.15) is 11.1 Å². The van der Waals surface area contributed by atoms with Gasteiger partial charge in [0.25, 0.3) is 0 Å². The number of hydrogen-bond donors (Lipinski definition) is 0. The van der Waals surface area contributed by atoms with Crippen molar-refractivity contribution < 1.29 is 19.0 Å². The van der Waals surface area contributed by atoms with Crippen LogP contribution in [0.2, 0.25) is 0 Å². The third kappa shape index (κ3) is 3.80. The van der Waals surface area contributed by atoms with Gasteiger partial charge in [-0.15, -0.1) is 0 Å². The molecule has 0 saturated heterocycles. The fraction of sp³-hybridized carbons (Fsp3) is 0.150. The molecular formula is C20H18N2O4. The van der Waals surface area contributed by atoms with Crippen molar-refractivity contribution in [1.29, 1.82) is 0 Å². The zero-order valence-corrected chi connectivity index (χ0v) is 14.5. The number of benzene rings is 2. The van der Waals surface area contributed by atoms with Crippen LogP contribution >= 0.6 is 0 Å². The fourth-order valence-electron chi connectivity index (χ4n) is 2.52. The smallest absolute Gasteiger partial charge is 0.341 e. The zero-order valence-electron chi connectivity index (χ0n) is 14.5. The monoisotopic (exact) mass is 350 g/mol. The summed E-state index contributed by atoms with van der Waals surface area (Å²) in [4.78, 5) is 20.8. The molecule has 0 amide bonds. The van der Waals surface area contributed by atoms with Crippen molar-refractivity contribution in [3.63, 3.8) is 0 Å². The molecule has 0 N–H and O–H groups in total. The summed E-state index contributed by atoms with van der Waals surface area (Å²) in [5.41, 5.74) is 3.36. The SMILES string of the molecule is CO/C=C(/C(=O)OC)c1ccccc1COc1cnc2ccccc2n1. The Labute approximate surface area is 151 Å². The molecule has 0 spiro atoms. The van der Waals surface area contributed by atoms with E-state index in [2.05, 4.69) is 9.97 Å². The van der Waals surface area contributed by atoms with E-state index in [0.29, 0.717) is 17.0 Å². The molecule has 0 fully saturated rings. The minimum absolute atomic E-state index is 0.223. The fourth-order valence-corrected chi connectivity index (χ4v) is 2.52. The minimum Gasteiger partial charge on any atom is -0.503 e. The van der Waals surface area contributed by atoms with Crippen molar-refractivity contribution in [2.24, 2.45) is 0 Å². The van der Waals surface area contributed by atoms with Crippen LogP contribution in [0.25, 0.3) is 16.6 Å².